The van der Waals surface area contributed by atoms with Crippen LogP contribution in [0.2, 0.25) is 0 Å². The summed E-state index contributed by atoms with van der Waals surface area (Å²) >= 11 is 1.54. The fourth-order valence-corrected chi connectivity index (χ4v) is 2.93. The molecule has 0 aliphatic rings. The molecule has 0 fully saturated rings. The van der Waals surface area contributed by atoms with E-state index in [4.69, 9.17) is 11.0 Å². The van der Waals surface area contributed by atoms with Crippen LogP contribution in [0.5, 0.6) is 0 Å². The van der Waals surface area contributed by atoms with E-state index < -0.39 is 0 Å². The molecule has 0 amide bonds. The molecule has 0 aromatic carbocycles. The number of hydrogen-bond donors (Lipinski definition) is 1. The Balaban J connectivity index is 2.19. The third-order valence-electron chi connectivity index (χ3n) is 2.79. The van der Waals surface area contributed by atoms with Gasteiger partial charge >= 0.3 is 0 Å². The Kier molecular flexibility index (Phi) is 4.71. The van der Waals surface area contributed by atoms with Crippen LogP contribution < -0.4 is 5.73 Å². The van der Waals surface area contributed by atoms with Crippen LogP contribution in [-0.4, -0.2) is 19.7 Å². The average molecular weight is 288 g/mol. The largest absolute Gasteiger partial charge is 0.324 e. The van der Waals surface area contributed by atoms with Gasteiger partial charge in [0, 0.05) is 18.0 Å². The van der Waals surface area contributed by atoms with Crippen molar-refractivity contribution >= 4 is 11.8 Å². The van der Waals surface area contributed by atoms with Crippen LogP contribution in [0.25, 0.3) is 0 Å². The van der Waals surface area contributed by atoms with Crippen molar-refractivity contribution < 1.29 is 0 Å². The maximum Gasteiger partial charge on any atom is 0.191 e. The van der Waals surface area contributed by atoms with E-state index in [2.05, 4.69) is 35.1 Å². The van der Waals surface area contributed by atoms with E-state index in [1.165, 1.54) is 11.8 Å². The van der Waals surface area contributed by atoms with Crippen LogP contribution in [-0.2, 0) is 12.3 Å². The molecule has 0 radical (unpaired) electrons. The third kappa shape index (κ3) is 2.98. The number of thioether (sulfide) groups is 1. The second-order valence-electron chi connectivity index (χ2n) is 4.48. The van der Waals surface area contributed by atoms with Crippen molar-refractivity contribution in [3.63, 3.8) is 0 Å². The van der Waals surface area contributed by atoms with Gasteiger partial charge in [-0.3, -0.25) is 0 Å². The van der Waals surface area contributed by atoms with Crippen molar-refractivity contribution in [3.8, 4) is 6.07 Å². The SMILES string of the molecule is CC(C)n1c(CN)nnc1SCc1cccnc1C#N. The number of nitrogens with zero attached hydrogens (tertiary/aromatic N) is 5. The summed E-state index contributed by atoms with van der Waals surface area (Å²) in [6.07, 6.45) is 1.62. The summed E-state index contributed by atoms with van der Waals surface area (Å²) in [6.45, 7) is 4.50. The summed E-state index contributed by atoms with van der Waals surface area (Å²) in [5, 5.41) is 18.1. The maximum atomic E-state index is 9.03. The van der Waals surface area contributed by atoms with Crippen molar-refractivity contribution in [2.24, 2.45) is 5.73 Å². The van der Waals surface area contributed by atoms with Gasteiger partial charge in [0.15, 0.2) is 5.16 Å². The number of pyridine rings is 1. The smallest absolute Gasteiger partial charge is 0.191 e. The van der Waals surface area contributed by atoms with Gasteiger partial charge in [-0.1, -0.05) is 17.8 Å². The molecule has 0 bridgehead atoms. The van der Waals surface area contributed by atoms with Crippen LogP contribution in [0.15, 0.2) is 23.5 Å². The molecule has 2 aromatic rings. The Hall–Kier alpha value is -1.91. The minimum Gasteiger partial charge on any atom is -0.324 e. The topological polar surface area (TPSA) is 93.4 Å². The lowest BCUT2D eigenvalue weighted by atomic mass is 10.2. The van der Waals surface area contributed by atoms with Gasteiger partial charge in [0.05, 0.1) is 6.54 Å². The second kappa shape index (κ2) is 6.50. The van der Waals surface area contributed by atoms with Crippen molar-refractivity contribution in [2.75, 3.05) is 0 Å². The number of hydrogen-bond acceptors (Lipinski definition) is 6. The molecule has 20 heavy (non-hydrogen) atoms. The zero-order valence-electron chi connectivity index (χ0n) is 11.4. The molecular weight excluding hydrogens is 272 g/mol. The summed E-state index contributed by atoms with van der Waals surface area (Å²) in [4.78, 5) is 4.05. The van der Waals surface area contributed by atoms with E-state index in [1.54, 1.807) is 6.20 Å². The molecule has 0 atom stereocenters. The molecule has 0 saturated heterocycles. The van der Waals surface area contributed by atoms with Crippen molar-refractivity contribution in [1.29, 1.82) is 5.26 Å². The van der Waals surface area contributed by atoms with E-state index in [-0.39, 0.29) is 6.04 Å². The minimum atomic E-state index is 0.246. The molecular formula is C13H16N6S. The van der Waals surface area contributed by atoms with Gasteiger partial charge in [0.2, 0.25) is 0 Å². The first-order valence-corrected chi connectivity index (χ1v) is 7.26. The first-order valence-electron chi connectivity index (χ1n) is 6.28. The predicted octanol–water partition coefficient (Wildman–Crippen LogP) is 1.88. The first kappa shape index (κ1) is 14.5. The Morgan fingerprint density at radius 1 is 1.45 bits per heavy atom. The molecule has 2 rings (SSSR count). The maximum absolute atomic E-state index is 9.03. The lowest BCUT2D eigenvalue weighted by Gasteiger charge is -2.12. The first-order chi connectivity index (χ1) is 9.67. The van der Waals surface area contributed by atoms with Crippen LogP contribution in [0.3, 0.4) is 0 Å². The summed E-state index contributed by atoms with van der Waals surface area (Å²) in [6, 6.07) is 6.07. The highest BCUT2D eigenvalue weighted by Crippen LogP contribution is 2.25. The molecule has 0 unspecified atom stereocenters. The quantitative estimate of drug-likeness (QED) is 0.844. The molecule has 0 spiro atoms. The van der Waals surface area contributed by atoms with Crippen LogP contribution in [0.1, 0.15) is 37.0 Å². The molecule has 0 saturated carbocycles. The van der Waals surface area contributed by atoms with Crippen LogP contribution in [0, 0.1) is 11.3 Å². The second-order valence-corrected chi connectivity index (χ2v) is 5.42. The van der Waals surface area contributed by atoms with Gasteiger partial charge in [0.25, 0.3) is 0 Å². The average Bonchev–Trinajstić information content (AvgIpc) is 2.88. The van der Waals surface area contributed by atoms with Gasteiger partial charge in [-0.15, -0.1) is 10.2 Å². The Labute approximate surface area is 122 Å². The highest BCUT2D eigenvalue weighted by molar-refractivity contribution is 7.98. The lowest BCUT2D eigenvalue weighted by molar-refractivity contribution is 0.526. The fraction of sp³-hybridized carbons (Fsp3) is 0.385. The van der Waals surface area contributed by atoms with E-state index in [0.29, 0.717) is 18.0 Å². The Morgan fingerprint density at radius 3 is 2.90 bits per heavy atom. The monoisotopic (exact) mass is 288 g/mol. The third-order valence-corrected chi connectivity index (χ3v) is 3.78. The number of nitriles is 1. The van der Waals surface area contributed by atoms with Crippen LogP contribution in [0.4, 0.5) is 0 Å². The molecule has 2 heterocycles. The van der Waals surface area contributed by atoms with Gasteiger partial charge < -0.3 is 10.3 Å². The summed E-state index contributed by atoms with van der Waals surface area (Å²) < 4.78 is 2.02. The molecule has 6 nitrogen and oxygen atoms in total. The van der Waals surface area contributed by atoms with E-state index in [0.717, 1.165) is 16.5 Å². The Morgan fingerprint density at radius 2 is 2.25 bits per heavy atom. The van der Waals surface area contributed by atoms with E-state index in [9.17, 15) is 0 Å². The summed E-state index contributed by atoms with van der Waals surface area (Å²) in [7, 11) is 0. The minimum absolute atomic E-state index is 0.246. The van der Waals surface area contributed by atoms with Gasteiger partial charge in [-0.25, -0.2) is 4.98 Å². The zero-order chi connectivity index (χ0) is 14.5. The summed E-state index contributed by atoms with van der Waals surface area (Å²) in [5.41, 5.74) is 7.02. The highest BCUT2D eigenvalue weighted by atomic mass is 32.2. The fourth-order valence-electron chi connectivity index (χ4n) is 1.86. The molecule has 0 aliphatic heterocycles. The molecule has 104 valence electrons. The van der Waals surface area contributed by atoms with E-state index >= 15 is 0 Å². The number of aromatic nitrogens is 4. The molecule has 0 aliphatic carbocycles. The van der Waals surface area contributed by atoms with Gasteiger partial charge in [-0.05, 0) is 25.5 Å². The van der Waals surface area contributed by atoms with Crippen molar-refractivity contribution in [3.05, 3.63) is 35.4 Å². The van der Waals surface area contributed by atoms with Gasteiger partial charge in [-0.2, -0.15) is 5.26 Å². The Bertz CT molecular complexity index is 628. The molecule has 7 heteroatoms. The number of rotatable bonds is 5. The standard InChI is InChI=1S/C13H16N6S/c1-9(2)19-12(7-15)17-18-13(19)20-8-10-4-3-5-16-11(10)6-14/h3-5,9H,7-8,15H2,1-2H3. The van der Waals surface area contributed by atoms with Crippen molar-refractivity contribution in [2.45, 2.75) is 37.3 Å². The number of nitrogens with two attached hydrogens (primary N) is 1. The van der Waals surface area contributed by atoms with Crippen LogP contribution >= 0.6 is 11.8 Å². The van der Waals surface area contributed by atoms with Crippen molar-refractivity contribution in [1.82, 2.24) is 19.7 Å². The summed E-state index contributed by atoms with van der Waals surface area (Å²) in [5.74, 6) is 1.40. The van der Waals surface area contributed by atoms with Gasteiger partial charge in [0.1, 0.15) is 17.6 Å². The highest BCUT2D eigenvalue weighted by Gasteiger charge is 2.14. The zero-order valence-corrected chi connectivity index (χ0v) is 12.3. The van der Waals surface area contributed by atoms with E-state index in [1.807, 2.05) is 16.7 Å². The normalized spacial score (nSPS) is 10.8. The predicted molar refractivity (Wildman–Crippen MR) is 76.8 cm³/mol. The lowest BCUT2D eigenvalue weighted by Crippen LogP contribution is -2.11. The molecule has 2 aromatic heterocycles. The molecule has 2 N–H and O–H groups in total.